The second kappa shape index (κ2) is 5.67. The van der Waals surface area contributed by atoms with Gasteiger partial charge in [-0.2, -0.15) is 0 Å². The van der Waals surface area contributed by atoms with E-state index in [2.05, 4.69) is 5.16 Å². The third kappa shape index (κ3) is 2.97. The van der Waals surface area contributed by atoms with Crippen LogP contribution in [0.1, 0.15) is 36.9 Å². The molecule has 126 valence electrons. The number of hydrogen-bond acceptors (Lipinski definition) is 5. The number of carboxylic acids is 1. The van der Waals surface area contributed by atoms with Gasteiger partial charge in [0, 0.05) is 18.2 Å². The molecule has 0 aliphatic carbocycles. The maximum Gasteiger partial charge on any atom is 0.414 e. The van der Waals surface area contributed by atoms with Gasteiger partial charge >= 0.3 is 12.1 Å². The molecule has 7 heteroatoms. The Hall–Kier alpha value is -2.83. The Morgan fingerprint density at radius 2 is 2.08 bits per heavy atom. The molecule has 0 bridgehead atoms. The molecule has 24 heavy (non-hydrogen) atoms. The van der Waals surface area contributed by atoms with E-state index in [9.17, 15) is 9.59 Å². The van der Waals surface area contributed by atoms with Crippen LogP contribution in [0.5, 0.6) is 0 Å². The van der Waals surface area contributed by atoms with Gasteiger partial charge in [-0.3, -0.25) is 4.90 Å². The van der Waals surface area contributed by atoms with Crippen LogP contribution in [-0.4, -0.2) is 34.5 Å². The van der Waals surface area contributed by atoms with E-state index in [4.69, 9.17) is 14.4 Å². The fourth-order valence-corrected chi connectivity index (χ4v) is 2.67. The summed E-state index contributed by atoms with van der Waals surface area (Å²) in [5, 5.41) is 12.8. The largest absolute Gasteiger partial charge is 0.475 e. The third-order valence-corrected chi connectivity index (χ3v) is 3.61. The second-order valence-corrected chi connectivity index (χ2v) is 6.58. The number of carboxylic acid groups (broad SMARTS) is 1. The smallest absolute Gasteiger partial charge is 0.414 e. The van der Waals surface area contributed by atoms with Crippen molar-refractivity contribution < 1.29 is 24.0 Å². The van der Waals surface area contributed by atoms with E-state index in [1.54, 1.807) is 11.0 Å². The Balaban J connectivity index is 2.01. The van der Waals surface area contributed by atoms with E-state index in [1.165, 1.54) is 6.07 Å². The Labute approximate surface area is 138 Å². The van der Waals surface area contributed by atoms with E-state index < -0.39 is 17.7 Å². The number of benzene rings is 1. The first-order valence-electron chi connectivity index (χ1n) is 7.59. The van der Waals surface area contributed by atoms with Crippen molar-refractivity contribution in [3.63, 3.8) is 0 Å². The number of hydrogen-bond donors (Lipinski definition) is 1. The molecule has 0 spiro atoms. The third-order valence-electron chi connectivity index (χ3n) is 3.61. The first-order chi connectivity index (χ1) is 11.3. The van der Waals surface area contributed by atoms with Crippen LogP contribution < -0.4 is 4.90 Å². The van der Waals surface area contributed by atoms with Crippen LogP contribution in [0.4, 0.5) is 10.5 Å². The molecule has 0 saturated carbocycles. The van der Waals surface area contributed by atoms with Crippen LogP contribution in [-0.2, 0) is 11.2 Å². The van der Waals surface area contributed by atoms with Gasteiger partial charge in [-0.05, 0) is 32.8 Å². The molecule has 1 aromatic carbocycles. The maximum atomic E-state index is 12.5. The number of carbonyl (C=O) groups is 2. The highest BCUT2D eigenvalue weighted by Gasteiger charge is 2.32. The molecule has 0 saturated heterocycles. The Morgan fingerprint density at radius 3 is 2.71 bits per heavy atom. The summed E-state index contributed by atoms with van der Waals surface area (Å²) in [4.78, 5) is 25.0. The normalized spacial score (nSPS) is 13.7. The first-order valence-corrected chi connectivity index (χ1v) is 7.59. The summed E-state index contributed by atoms with van der Waals surface area (Å²) in [6.07, 6.45) is 0.266. The van der Waals surface area contributed by atoms with E-state index in [0.717, 1.165) is 5.56 Å². The van der Waals surface area contributed by atoms with Crippen LogP contribution in [0.25, 0.3) is 11.3 Å². The number of rotatable bonds is 2. The lowest BCUT2D eigenvalue weighted by Gasteiger charge is -2.25. The zero-order chi connectivity index (χ0) is 17.5. The van der Waals surface area contributed by atoms with Crippen molar-refractivity contribution in [1.29, 1.82) is 0 Å². The molecular weight excluding hydrogens is 312 g/mol. The summed E-state index contributed by atoms with van der Waals surface area (Å²) in [6.45, 7) is 5.94. The fourth-order valence-electron chi connectivity index (χ4n) is 2.67. The topological polar surface area (TPSA) is 92.9 Å². The highest BCUT2D eigenvalue weighted by molar-refractivity contribution is 5.97. The van der Waals surface area contributed by atoms with Crippen LogP contribution in [0, 0.1) is 0 Å². The Bertz CT molecular complexity index is 804. The van der Waals surface area contributed by atoms with Crippen molar-refractivity contribution >= 4 is 17.7 Å². The van der Waals surface area contributed by atoms with Gasteiger partial charge in [0.15, 0.2) is 0 Å². The molecule has 1 aliphatic rings. The second-order valence-electron chi connectivity index (χ2n) is 6.58. The summed E-state index contributed by atoms with van der Waals surface area (Å²) >= 11 is 0. The Kier molecular flexibility index (Phi) is 3.79. The molecule has 0 atom stereocenters. The summed E-state index contributed by atoms with van der Waals surface area (Å²) in [5.74, 6) is -1.44. The van der Waals surface area contributed by atoms with Gasteiger partial charge in [0.25, 0.3) is 0 Å². The Morgan fingerprint density at radius 1 is 1.33 bits per heavy atom. The quantitative estimate of drug-likeness (QED) is 0.908. The summed E-state index contributed by atoms with van der Waals surface area (Å²) < 4.78 is 10.3. The zero-order valence-electron chi connectivity index (χ0n) is 13.7. The number of carbonyl (C=O) groups excluding carboxylic acids is 1. The minimum atomic E-state index is -1.19. The van der Waals surface area contributed by atoms with Gasteiger partial charge in [0.05, 0.1) is 5.69 Å². The van der Waals surface area contributed by atoms with Gasteiger partial charge in [-0.1, -0.05) is 23.4 Å². The molecule has 7 nitrogen and oxygen atoms in total. The van der Waals surface area contributed by atoms with Gasteiger partial charge in [0.1, 0.15) is 11.3 Å². The number of amides is 1. The fraction of sp³-hybridized carbons (Fsp3) is 0.353. The van der Waals surface area contributed by atoms with Crippen LogP contribution in [0.2, 0.25) is 0 Å². The van der Waals surface area contributed by atoms with Gasteiger partial charge < -0.3 is 14.4 Å². The van der Waals surface area contributed by atoms with Crippen molar-refractivity contribution in [3.05, 3.63) is 35.6 Å². The predicted octanol–water partition coefficient (Wildman–Crippen LogP) is 3.34. The van der Waals surface area contributed by atoms with Crippen LogP contribution in [0.15, 0.2) is 28.8 Å². The number of aromatic nitrogens is 1. The average Bonchev–Trinajstić information content (AvgIpc) is 3.12. The molecule has 1 N–H and O–H groups in total. The van der Waals surface area contributed by atoms with Crippen molar-refractivity contribution in [2.75, 3.05) is 11.4 Å². The molecule has 2 aromatic rings. The number of nitrogens with zero attached hydrogens (tertiary/aromatic N) is 2. The first kappa shape index (κ1) is 16.0. The van der Waals surface area contributed by atoms with Crippen molar-refractivity contribution in [2.45, 2.75) is 32.8 Å². The highest BCUT2D eigenvalue weighted by atomic mass is 16.6. The number of aromatic carboxylic acids is 1. The molecular formula is C17H18N2O5. The molecule has 0 unspecified atom stereocenters. The van der Waals surface area contributed by atoms with Crippen molar-refractivity contribution in [2.24, 2.45) is 0 Å². The molecule has 0 radical (unpaired) electrons. The number of ether oxygens (including phenoxy) is 1. The SMILES string of the molecule is CC(C)(C)OC(=O)N1CCc2cccc(-c3cc(C(=O)O)on3)c21. The summed E-state index contributed by atoms with van der Waals surface area (Å²) in [5.41, 5.74) is 2.10. The van der Waals surface area contributed by atoms with Gasteiger partial charge in [-0.15, -0.1) is 0 Å². The molecule has 2 heterocycles. The molecule has 0 fully saturated rings. The number of fused-ring (bicyclic) bond motifs is 1. The average molecular weight is 330 g/mol. The van der Waals surface area contributed by atoms with Crippen LogP contribution in [0.3, 0.4) is 0 Å². The van der Waals surface area contributed by atoms with Gasteiger partial charge in [0.2, 0.25) is 5.76 Å². The molecule has 1 aromatic heterocycles. The van der Waals surface area contributed by atoms with E-state index >= 15 is 0 Å². The maximum absolute atomic E-state index is 12.5. The molecule has 3 rings (SSSR count). The molecule has 1 aliphatic heterocycles. The van der Waals surface area contributed by atoms with E-state index in [1.807, 2.05) is 32.9 Å². The van der Waals surface area contributed by atoms with Crippen molar-refractivity contribution in [3.8, 4) is 11.3 Å². The molecule has 1 amide bonds. The zero-order valence-corrected chi connectivity index (χ0v) is 13.7. The van der Waals surface area contributed by atoms with Crippen molar-refractivity contribution in [1.82, 2.24) is 5.16 Å². The minimum Gasteiger partial charge on any atom is -0.475 e. The number of para-hydroxylation sites is 1. The lowest BCUT2D eigenvalue weighted by Crippen LogP contribution is -2.35. The highest BCUT2D eigenvalue weighted by Crippen LogP contribution is 2.38. The minimum absolute atomic E-state index is 0.246. The number of anilines is 1. The van der Waals surface area contributed by atoms with Gasteiger partial charge in [-0.25, -0.2) is 9.59 Å². The summed E-state index contributed by atoms with van der Waals surface area (Å²) in [7, 11) is 0. The lowest BCUT2D eigenvalue weighted by atomic mass is 10.0. The van der Waals surface area contributed by atoms with E-state index in [-0.39, 0.29) is 5.76 Å². The lowest BCUT2D eigenvalue weighted by molar-refractivity contribution is 0.0582. The predicted molar refractivity (Wildman–Crippen MR) is 86.2 cm³/mol. The monoisotopic (exact) mass is 330 g/mol. The van der Waals surface area contributed by atoms with E-state index in [0.29, 0.717) is 29.9 Å². The summed E-state index contributed by atoms with van der Waals surface area (Å²) in [6, 6.07) is 6.91. The van der Waals surface area contributed by atoms with Crippen LogP contribution >= 0.6 is 0 Å². The standard InChI is InChI=1S/C17H18N2O5/c1-17(2,3)23-16(22)19-8-7-10-5-4-6-11(14(10)19)12-9-13(15(20)21)24-18-12/h4-6,9H,7-8H2,1-3H3,(H,20,21).